The van der Waals surface area contributed by atoms with Crippen molar-refractivity contribution in [2.75, 3.05) is 0 Å². The summed E-state index contributed by atoms with van der Waals surface area (Å²) >= 11 is -2.26. The molecular formula is C25H20F2N6O2S. The van der Waals surface area contributed by atoms with Gasteiger partial charge in [-0.2, -0.15) is 0 Å². The molecule has 0 spiro atoms. The number of nitrogens with zero attached hydrogens (tertiary/aromatic N) is 5. The molecule has 0 bridgehead atoms. The van der Waals surface area contributed by atoms with E-state index in [1.54, 1.807) is 29.4 Å². The number of rotatable bonds is 6. The predicted molar refractivity (Wildman–Crippen MR) is 131 cm³/mol. The maximum atomic E-state index is 14.7. The maximum absolute atomic E-state index is 14.7. The highest BCUT2D eigenvalue weighted by molar-refractivity contribution is 7.77. The molecule has 1 unspecified atom stereocenters. The summed E-state index contributed by atoms with van der Waals surface area (Å²) in [6, 6.07) is 12.5. The van der Waals surface area contributed by atoms with E-state index < -0.39 is 28.4 Å². The molecule has 5 aromatic rings. The van der Waals surface area contributed by atoms with E-state index in [0.29, 0.717) is 29.9 Å². The van der Waals surface area contributed by atoms with Crippen LogP contribution in [0.15, 0.2) is 67.4 Å². The molecule has 1 saturated carbocycles. The van der Waals surface area contributed by atoms with Crippen LogP contribution in [0.3, 0.4) is 0 Å². The fourth-order valence-corrected chi connectivity index (χ4v) is 5.03. The summed E-state index contributed by atoms with van der Waals surface area (Å²) < 4.78 is 55.7. The molecule has 0 radical (unpaired) electrons. The number of aromatic nitrogens is 5. The number of nitrogens with one attached hydrogen (secondary N) is 1. The van der Waals surface area contributed by atoms with Crippen molar-refractivity contribution in [2.45, 2.75) is 18.4 Å². The van der Waals surface area contributed by atoms with Crippen LogP contribution in [0, 0.1) is 11.6 Å². The van der Waals surface area contributed by atoms with Gasteiger partial charge in [0.1, 0.15) is 23.8 Å². The smallest absolute Gasteiger partial charge is 0.232 e. The zero-order chi connectivity index (χ0) is 25.0. The zero-order valence-electron chi connectivity index (χ0n) is 19.0. The third-order valence-corrected chi connectivity index (χ3v) is 6.94. The van der Waals surface area contributed by atoms with E-state index in [-0.39, 0.29) is 5.56 Å². The minimum Gasteiger partial charge on any atom is -0.340 e. The molecule has 1 atom stereocenters. The van der Waals surface area contributed by atoms with E-state index in [4.69, 9.17) is 4.98 Å². The van der Waals surface area contributed by atoms with Crippen LogP contribution in [0.4, 0.5) is 8.78 Å². The summed E-state index contributed by atoms with van der Waals surface area (Å²) in [5, 5.41) is 0. The van der Waals surface area contributed by atoms with Crippen molar-refractivity contribution in [1.82, 2.24) is 28.8 Å². The number of aryl methyl sites for hydroxylation is 1. The van der Waals surface area contributed by atoms with Crippen LogP contribution in [-0.4, -0.2) is 32.8 Å². The van der Waals surface area contributed by atoms with E-state index in [9.17, 15) is 17.5 Å². The molecule has 182 valence electrons. The Morgan fingerprint density at radius 1 is 1.03 bits per heavy atom. The quantitative estimate of drug-likeness (QED) is 0.331. The molecule has 1 aliphatic carbocycles. The van der Waals surface area contributed by atoms with Crippen molar-refractivity contribution >= 4 is 22.3 Å². The fourth-order valence-electron chi connectivity index (χ4n) is 4.38. The molecule has 11 heteroatoms. The van der Waals surface area contributed by atoms with Gasteiger partial charge in [-0.15, -0.1) is 0 Å². The minimum atomic E-state index is -2.26. The van der Waals surface area contributed by atoms with E-state index in [0.717, 1.165) is 28.4 Å². The summed E-state index contributed by atoms with van der Waals surface area (Å²) in [5.74, 6) is -0.931. The van der Waals surface area contributed by atoms with Crippen molar-refractivity contribution in [1.29, 1.82) is 0 Å². The molecule has 0 aliphatic heterocycles. The highest BCUT2D eigenvalue weighted by Crippen LogP contribution is 2.46. The van der Waals surface area contributed by atoms with E-state index >= 15 is 0 Å². The molecular weight excluding hydrogens is 486 g/mol. The van der Waals surface area contributed by atoms with E-state index in [2.05, 4.69) is 14.7 Å². The third kappa shape index (κ3) is 4.00. The van der Waals surface area contributed by atoms with Gasteiger partial charge < -0.3 is 4.57 Å². The van der Waals surface area contributed by atoms with Gasteiger partial charge in [0.05, 0.1) is 34.3 Å². The van der Waals surface area contributed by atoms with Gasteiger partial charge in [0, 0.05) is 30.4 Å². The van der Waals surface area contributed by atoms with Gasteiger partial charge in [0.2, 0.25) is 11.3 Å². The maximum Gasteiger partial charge on any atom is 0.232 e. The molecule has 2 aromatic carbocycles. The molecule has 2 N–H and O–H groups in total. The van der Waals surface area contributed by atoms with Gasteiger partial charge >= 0.3 is 0 Å². The summed E-state index contributed by atoms with van der Waals surface area (Å²) in [4.78, 5) is 13.7. The van der Waals surface area contributed by atoms with Crippen LogP contribution in [-0.2, 0) is 23.9 Å². The molecule has 3 heterocycles. The monoisotopic (exact) mass is 506 g/mol. The average molecular weight is 507 g/mol. The number of fused-ring (bicyclic) bond motifs is 1. The van der Waals surface area contributed by atoms with E-state index in [1.165, 1.54) is 12.1 Å². The Kier molecular flexibility index (Phi) is 5.29. The third-order valence-electron chi connectivity index (χ3n) is 6.37. The predicted octanol–water partition coefficient (Wildman–Crippen LogP) is 4.48. The van der Waals surface area contributed by atoms with Crippen LogP contribution >= 0.6 is 0 Å². The van der Waals surface area contributed by atoms with Gasteiger partial charge in [-0.05, 0) is 54.8 Å². The Bertz CT molecular complexity index is 1660. The van der Waals surface area contributed by atoms with Crippen LogP contribution in [0.25, 0.3) is 39.2 Å². The Hall–Kier alpha value is -3.80. The van der Waals surface area contributed by atoms with E-state index in [1.807, 2.05) is 36.0 Å². The first kappa shape index (κ1) is 22.7. The van der Waals surface area contributed by atoms with Crippen molar-refractivity contribution in [2.24, 2.45) is 7.05 Å². The van der Waals surface area contributed by atoms with Gasteiger partial charge in [0.25, 0.3) is 0 Å². The largest absolute Gasteiger partial charge is 0.340 e. The van der Waals surface area contributed by atoms with Crippen LogP contribution in [0.5, 0.6) is 0 Å². The Labute approximate surface area is 207 Å². The average Bonchev–Trinajstić information content (AvgIpc) is 3.28. The van der Waals surface area contributed by atoms with Crippen molar-refractivity contribution in [3.8, 4) is 28.2 Å². The Morgan fingerprint density at radius 3 is 2.56 bits per heavy atom. The second-order valence-corrected chi connectivity index (χ2v) is 9.60. The van der Waals surface area contributed by atoms with Crippen LogP contribution in [0.1, 0.15) is 18.5 Å². The lowest BCUT2D eigenvalue weighted by molar-refractivity contribution is 0.518. The second kappa shape index (κ2) is 8.40. The van der Waals surface area contributed by atoms with Gasteiger partial charge in [-0.3, -0.25) is 9.12 Å². The number of hydrogen-bond donors (Lipinski definition) is 2. The molecule has 1 fully saturated rings. The minimum absolute atomic E-state index is 0.198. The first-order valence-electron chi connectivity index (χ1n) is 11.1. The van der Waals surface area contributed by atoms with Gasteiger partial charge in [0.15, 0.2) is 0 Å². The number of halogens is 2. The summed E-state index contributed by atoms with van der Waals surface area (Å²) in [7, 11) is 1.90. The number of imidazole rings is 2. The van der Waals surface area contributed by atoms with Crippen LogP contribution in [0.2, 0.25) is 0 Å². The summed E-state index contributed by atoms with van der Waals surface area (Å²) in [5.41, 5.74) is 3.58. The molecule has 36 heavy (non-hydrogen) atoms. The summed E-state index contributed by atoms with van der Waals surface area (Å²) in [6.45, 7) is 0. The molecule has 8 nitrogen and oxygen atoms in total. The molecule has 6 rings (SSSR count). The van der Waals surface area contributed by atoms with Gasteiger partial charge in [-0.1, -0.05) is 6.07 Å². The fraction of sp³-hybridized carbons (Fsp3) is 0.160. The topological polar surface area (TPSA) is 97.9 Å². The first-order chi connectivity index (χ1) is 17.3. The normalized spacial score (nSPS) is 15.3. The van der Waals surface area contributed by atoms with Crippen molar-refractivity contribution in [3.63, 3.8) is 0 Å². The highest BCUT2D eigenvalue weighted by atomic mass is 32.2. The van der Waals surface area contributed by atoms with Gasteiger partial charge in [-0.25, -0.2) is 32.7 Å². The summed E-state index contributed by atoms with van der Waals surface area (Å²) in [6.07, 6.45) is 6.46. The standard InChI is InChI=1S/C25H20F2N6O2S/c1-32-12-21(28-13-32)15-2-5-22-20(8-15)29-14-33(22)24-10-16(18-4-3-17(26)11-19(18)27)9-23(30-24)25(6-7-25)31-36(34)35/h2-5,8-14,31H,6-7H2,1H3,(H,34,35). The van der Waals surface area contributed by atoms with Crippen molar-refractivity contribution < 1.29 is 17.5 Å². The molecule has 0 amide bonds. The second-order valence-electron chi connectivity index (χ2n) is 8.90. The lowest BCUT2D eigenvalue weighted by Gasteiger charge is -2.18. The number of hydrogen-bond acceptors (Lipinski definition) is 4. The Balaban J connectivity index is 1.50. The van der Waals surface area contributed by atoms with Crippen LogP contribution < -0.4 is 4.72 Å². The molecule has 1 aliphatic rings. The first-order valence-corrected chi connectivity index (χ1v) is 12.2. The van der Waals surface area contributed by atoms with Crippen molar-refractivity contribution in [3.05, 3.63) is 84.7 Å². The zero-order valence-corrected chi connectivity index (χ0v) is 19.8. The molecule has 0 saturated heterocycles. The number of pyridine rings is 1. The Morgan fingerprint density at radius 2 is 1.86 bits per heavy atom. The highest BCUT2D eigenvalue weighted by Gasteiger charge is 2.47. The molecule has 3 aromatic heterocycles. The lowest BCUT2D eigenvalue weighted by Crippen LogP contribution is -2.31. The number of benzene rings is 2. The lowest BCUT2D eigenvalue weighted by atomic mass is 10.0. The SMILES string of the molecule is Cn1cnc(-c2ccc3c(c2)ncn3-c2cc(-c3ccc(F)cc3F)cc(C3(NS(=O)O)CC3)n2)c1.